The fraction of sp³-hybridized carbons (Fsp3) is 0. The molecule has 0 saturated carbocycles. The second-order valence-electron chi connectivity index (χ2n) is 7.35. The summed E-state index contributed by atoms with van der Waals surface area (Å²) in [7, 11) is 0. The van der Waals surface area contributed by atoms with E-state index in [-0.39, 0.29) is 17.2 Å². The Morgan fingerprint density at radius 1 is 0.909 bits per heavy atom. The lowest BCUT2D eigenvalue weighted by Crippen LogP contribution is -1.95. The molecule has 0 saturated heterocycles. The molecule has 0 unspecified atom stereocenters. The molecule has 2 aromatic carbocycles. The summed E-state index contributed by atoms with van der Waals surface area (Å²) in [6.07, 6.45) is 5.02. The number of nitrogens with zero attached hydrogens (tertiary/aromatic N) is 6. The number of hydrogen-bond donors (Lipinski definition) is 0. The Bertz CT molecular complexity index is 1710. The van der Waals surface area contributed by atoms with Crippen molar-refractivity contribution in [1.82, 2.24) is 24.0 Å². The number of imidazole rings is 1. The summed E-state index contributed by atoms with van der Waals surface area (Å²) in [5.74, 6) is -0.221. The third-order valence-corrected chi connectivity index (χ3v) is 5.39. The fourth-order valence-electron chi connectivity index (χ4n) is 3.85. The van der Waals surface area contributed by atoms with Gasteiger partial charge in [-0.2, -0.15) is 10.2 Å². The van der Waals surface area contributed by atoms with Crippen molar-refractivity contribution in [2.45, 2.75) is 0 Å². The molecule has 6 aromatic rings. The van der Waals surface area contributed by atoms with Gasteiger partial charge in [-0.3, -0.25) is 8.80 Å². The standard InChI is InChI=1S/C24H12F2N6O/c25-17-5-2-15(3-6-17)21-22(31-9-10-33-24(31)28-21)16-4-8-20-29-30-23(32(20)13-16)18-11-14(12-27)1-7-19(18)26/h1-11,13H. The number of aromatic nitrogens is 5. The van der Waals surface area contributed by atoms with Crippen LogP contribution in [0.1, 0.15) is 5.56 Å². The van der Waals surface area contributed by atoms with Gasteiger partial charge in [-0.15, -0.1) is 10.2 Å². The zero-order chi connectivity index (χ0) is 22.5. The minimum absolute atomic E-state index is 0.166. The van der Waals surface area contributed by atoms with Crippen LogP contribution in [0.4, 0.5) is 8.78 Å². The Kier molecular flexibility index (Phi) is 4.07. The van der Waals surface area contributed by atoms with Crippen molar-refractivity contribution in [3.8, 4) is 40.0 Å². The van der Waals surface area contributed by atoms with Gasteiger partial charge < -0.3 is 4.42 Å². The molecule has 6 rings (SSSR count). The van der Waals surface area contributed by atoms with E-state index in [0.717, 1.165) is 5.56 Å². The van der Waals surface area contributed by atoms with Crippen molar-refractivity contribution in [3.63, 3.8) is 0 Å². The molecule has 0 aliphatic rings. The summed E-state index contributed by atoms with van der Waals surface area (Å²) in [5, 5.41) is 17.5. The number of fused-ring (bicyclic) bond motifs is 2. The van der Waals surface area contributed by atoms with E-state index in [2.05, 4.69) is 15.2 Å². The molecule has 0 atom stereocenters. The molecule has 0 aliphatic heterocycles. The minimum Gasteiger partial charge on any atom is -0.432 e. The molecule has 0 amide bonds. The number of rotatable bonds is 3. The van der Waals surface area contributed by atoms with Gasteiger partial charge in [0.25, 0.3) is 0 Å². The predicted octanol–water partition coefficient (Wildman–Crippen LogP) is 5.12. The van der Waals surface area contributed by atoms with E-state index in [1.54, 1.807) is 39.4 Å². The summed E-state index contributed by atoms with van der Waals surface area (Å²) < 4.78 is 37.0. The van der Waals surface area contributed by atoms with Crippen molar-refractivity contribution >= 4 is 11.5 Å². The first-order valence-corrected chi connectivity index (χ1v) is 9.89. The largest absolute Gasteiger partial charge is 0.432 e. The number of halogens is 2. The normalized spacial score (nSPS) is 11.3. The maximum absolute atomic E-state index is 14.6. The molecular formula is C24H12F2N6O. The predicted molar refractivity (Wildman–Crippen MR) is 115 cm³/mol. The van der Waals surface area contributed by atoms with Gasteiger partial charge in [-0.1, -0.05) is 0 Å². The molecule has 158 valence electrons. The molecule has 7 nitrogen and oxygen atoms in total. The van der Waals surface area contributed by atoms with Crippen LogP contribution < -0.4 is 0 Å². The number of nitriles is 1. The first kappa shape index (κ1) is 18.9. The van der Waals surface area contributed by atoms with Crippen molar-refractivity contribution in [2.24, 2.45) is 0 Å². The molecule has 0 N–H and O–H groups in total. The van der Waals surface area contributed by atoms with Crippen LogP contribution >= 0.6 is 0 Å². The van der Waals surface area contributed by atoms with Crippen LogP contribution in [0.25, 0.3) is 45.4 Å². The summed E-state index contributed by atoms with van der Waals surface area (Å²) in [6, 6.07) is 15.7. The second kappa shape index (κ2) is 7.10. The Morgan fingerprint density at radius 2 is 1.73 bits per heavy atom. The average Bonchev–Trinajstić information content (AvgIpc) is 3.54. The first-order chi connectivity index (χ1) is 16.1. The third-order valence-electron chi connectivity index (χ3n) is 5.39. The van der Waals surface area contributed by atoms with Crippen LogP contribution in [0.3, 0.4) is 0 Å². The van der Waals surface area contributed by atoms with E-state index in [4.69, 9.17) is 4.42 Å². The quantitative estimate of drug-likeness (QED) is 0.383. The zero-order valence-electron chi connectivity index (χ0n) is 16.8. The lowest BCUT2D eigenvalue weighted by atomic mass is 10.1. The first-order valence-electron chi connectivity index (χ1n) is 9.89. The molecule has 0 bridgehead atoms. The van der Waals surface area contributed by atoms with Gasteiger partial charge in [0.15, 0.2) is 11.5 Å². The topological polar surface area (TPSA) is 84.4 Å². The van der Waals surface area contributed by atoms with E-state index in [1.165, 1.54) is 36.6 Å². The molecule has 4 aromatic heterocycles. The van der Waals surface area contributed by atoms with Crippen molar-refractivity contribution < 1.29 is 13.2 Å². The summed E-state index contributed by atoms with van der Waals surface area (Å²) in [5.41, 5.74) is 3.73. The number of pyridine rings is 1. The van der Waals surface area contributed by atoms with E-state index in [0.29, 0.717) is 34.0 Å². The van der Waals surface area contributed by atoms with Crippen LogP contribution in [-0.4, -0.2) is 24.0 Å². The molecule has 0 radical (unpaired) electrons. The third kappa shape index (κ3) is 2.96. The smallest absolute Gasteiger partial charge is 0.306 e. The zero-order valence-corrected chi connectivity index (χ0v) is 16.8. The lowest BCUT2D eigenvalue weighted by molar-refractivity contribution is 0.596. The highest BCUT2D eigenvalue weighted by atomic mass is 19.1. The van der Waals surface area contributed by atoms with Gasteiger partial charge in [-0.05, 0) is 54.6 Å². The van der Waals surface area contributed by atoms with Crippen molar-refractivity contribution in [2.75, 3.05) is 0 Å². The number of hydrogen-bond acceptors (Lipinski definition) is 5. The fourth-order valence-corrected chi connectivity index (χ4v) is 3.85. The maximum atomic E-state index is 14.6. The van der Waals surface area contributed by atoms with Crippen LogP contribution in [0.5, 0.6) is 0 Å². The Labute approximate surface area is 184 Å². The van der Waals surface area contributed by atoms with Gasteiger partial charge in [0.1, 0.15) is 23.6 Å². The van der Waals surface area contributed by atoms with Gasteiger partial charge in [0.05, 0.1) is 22.9 Å². The second-order valence-corrected chi connectivity index (χ2v) is 7.35. The highest BCUT2D eigenvalue weighted by Gasteiger charge is 2.20. The monoisotopic (exact) mass is 438 g/mol. The molecular weight excluding hydrogens is 426 g/mol. The van der Waals surface area contributed by atoms with E-state index < -0.39 is 5.82 Å². The molecule has 4 heterocycles. The average molecular weight is 438 g/mol. The lowest BCUT2D eigenvalue weighted by Gasteiger charge is -2.07. The van der Waals surface area contributed by atoms with Gasteiger partial charge in [0, 0.05) is 23.5 Å². The van der Waals surface area contributed by atoms with Gasteiger partial charge in [-0.25, -0.2) is 8.78 Å². The van der Waals surface area contributed by atoms with E-state index >= 15 is 0 Å². The van der Waals surface area contributed by atoms with Crippen LogP contribution in [0.2, 0.25) is 0 Å². The Hall–Kier alpha value is -4.84. The van der Waals surface area contributed by atoms with Crippen LogP contribution in [0.15, 0.2) is 77.7 Å². The maximum Gasteiger partial charge on any atom is 0.306 e. The number of oxazole rings is 1. The Balaban J connectivity index is 1.59. The van der Waals surface area contributed by atoms with Gasteiger partial charge in [0.2, 0.25) is 0 Å². The van der Waals surface area contributed by atoms with Crippen molar-refractivity contribution in [1.29, 1.82) is 5.26 Å². The van der Waals surface area contributed by atoms with Gasteiger partial charge >= 0.3 is 5.84 Å². The highest BCUT2D eigenvalue weighted by molar-refractivity contribution is 5.81. The number of benzene rings is 2. The molecule has 33 heavy (non-hydrogen) atoms. The summed E-state index contributed by atoms with van der Waals surface area (Å²) >= 11 is 0. The molecule has 0 fully saturated rings. The SMILES string of the molecule is N#Cc1ccc(F)c(-c2nnc3ccc(-c4c(-c5ccc(F)cc5)nc5occn45)cn23)c1. The van der Waals surface area contributed by atoms with Crippen LogP contribution in [-0.2, 0) is 0 Å². The summed E-state index contributed by atoms with van der Waals surface area (Å²) in [6.45, 7) is 0. The van der Waals surface area contributed by atoms with Crippen molar-refractivity contribution in [3.05, 3.63) is 90.5 Å². The molecule has 9 heteroatoms. The Morgan fingerprint density at radius 3 is 2.55 bits per heavy atom. The van der Waals surface area contributed by atoms with E-state index in [9.17, 15) is 14.0 Å². The molecule has 0 aliphatic carbocycles. The minimum atomic E-state index is -0.512. The molecule has 0 spiro atoms. The summed E-state index contributed by atoms with van der Waals surface area (Å²) in [4.78, 5) is 4.57. The highest BCUT2D eigenvalue weighted by Crippen LogP contribution is 2.34. The van der Waals surface area contributed by atoms with E-state index in [1.807, 2.05) is 12.1 Å². The van der Waals surface area contributed by atoms with Crippen LogP contribution in [0, 0.1) is 23.0 Å².